The van der Waals surface area contributed by atoms with Gasteiger partial charge in [0.2, 0.25) is 40.7 Å². The summed E-state index contributed by atoms with van der Waals surface area (Å²) in [6.45, 7) is 0.497. The van der Waals surface area contributed by atoms with E-state index in [4.69, 9.17) is 9.26 Å². The standard InChI is InChI=1S/C22H16F5INO4P/c1-31-21-12(22(30)33-20-17(26)15(24)14(23)16(25)18(20)27)7-10-5-6-11(9-3-2-4-9)13(8-32-34-28)19(10)29-21/h5-7,9,34H,2-4,8H2,1H3. The molecule has 1 aromatic heterocycles. The third-order valence-electron chi connectivity index (χ3n) is 5.69. The highest BCUT2D eigenvalue weighted by Gasteiger charge is 2.30. The third kappa shape index (κ3) is 4.45. The number of fused-ring (bicyclic) bond motifs is 1. The molecule has 0 amide bonds. The first-order valence-electron chi connectivity index (χ1n) is 10.00. The van der Waals surface area contributed by atoms with Crippen LogP contribution in [-0.4, -0.2) is 18.1 Å². The van der Waals surface area contributed by atoms with E-state index in [0.29, 0.717) is 16.8 Å². The molecule has 2 aromatic carbocycles. The molecule has 1 atom stereocenters. The number of carbonyl (C=O) groups is 1. The number of aromatic nitrogens is 1. The Morgan fingerprint density at radius 2 is 1.74 bits per heavy atom. The van der Waals surface area contributed by atoms with Crippen LogP contribution in [0.5, 0.6) is 11.6 Å². The Kier molecular flexibility index (Phi) is 7.54. The first-order valence-corrected chi connectivity index (χ1v) is 14.0. The second kappa shape index (κ2) is 10.2. The van der Waals surface area contributed by atoms with Gasteiger partial charge in [0.15, 0.2) is 0 Å². The van der Waals surface area contributed by atoms with Crippen LogP contribution in [0.1, 0.15) is 46.7 Å². The number of carbonyl (C=O) groups excluding carboxylic acids is 1. The molecular formula is C22H16F5INO4P. The maximum atomic E-state index is 14.0. The first kappa shape index (κ1) is 25.0. The van der Waals surface area contributed by atoms with Gasteiger partial charge in [-0.15, -0.1) is 0 Å². The summed E-state index contributed by atoms with van der Waals surface area (Å²) in [5, 5.41) is 0.489. The van der Waals surface area contributed by atoms with E-state index in [9.17, 15) is 26.7 Å². The molecule has 0 radical (unpaired) electrons. The summed E-state index contributed by atoms with van der Waals surface area (Å²) in [4.78, 5) is 17.1. The van der Waals surface area contributed by atoms with Gasteiger partial charge < -0.3 is 14.0 Å². The van der Waals surface area contributed by atoms with Crippen LogP contribution < -0.4 is 9.47 Å². The molecule has 0 bridgehead atoms. The number of hydrogen-bond donors (Lipinski definition) is 0. The van der Waals surface area contributed by atoms with Crippen molar-refractivity contribution in [2.45, 2.75) is 31.8 Å². The molecule has 1 fully saturated rings. The van der Waals surface area contributed by atoms with E-state index in [-0.39, 0.29) is 24.5 Å². The first-order chi connectivity index (χ1) is 16.3. The molecular weight excluding hydrogens is 595 g/mol. The lowest BCUT2D eigenvalue weighted by Crippen LogP contribution is -2.16. The topological polar surface area (TPSA) is 57.7 Å². The lowest BCUT2D eigenvalue weighted by atomic mass is 9.78. The average Bonchev–Trinajstić information content (AvgIpc) is 2.81. The van der Waals surface area contributed by atoms with Crippen molar-refractivity contribution in [1.29, 1.82) is 0 Å². The van der Waals surface area contributed by atoms with Crippen molar-refractivity contribution in [2.75, 3.05) is 7.11 Å². The summed E-state index contributed by atoms with van der Waals surface area (Å²) >= 11 is 2.10. The molecule has 1 saturated carbocycles. The molecule has 0 N–H and O–H groups in total. The largest absolute Gasteiger partial charge is 0.480 e. The fourth-order valence-electron chi connectivity index (χ4n) is 3.77. The predicted molar refractivity (Wildman–Crippen MR) is 123 cm³/mol. The number of hydrogen-bond acceptors (Lipinski definition) is 5. The van der Waals surface area contributed by atoms with Gasteiger partial charge in [-0.3, -0.25) is 0 Å². The van der Waals surface area contributed by atoms with Crippen molar-refractivity contribution in [1.82, 2.24) is 4.98 Å². The maximum absolute atomic E-state index is 14.0. The van der Waals surface area contributed by atoms with Crippen LogP contribution in [-0.2, 0) is 11.1 Å². The van der Waals surface area contributed by atoms with Gasteiger partial charge in [-0.1, -0.05) is 18.6 Å². The van der Waals surface area contributed by atoms with E-state index in [1.54, 1.807) is 6.07 Å². The predicted octanol–water partition coefficient (Wildman–Crippen LogP) is 6.89. The van der Waals surface area contributed by atoms with Crippen molar-refractivity contribution in [3.05, 3.63) is 64.0 Å². The highest BCUT2D eigenvalue weighted by Crippen LogP contribution is 2.41. The molecule has 0 saturated heterocycles. The lowest BCUT2D eigenvalue weighted by molar-refractivity contribution is 0.0712. The Labute approximate surface area is 205 Å². The van der Waals surface area contributed by atoms with Crippen molar-refractivity contribution >= 4 is 45.4 Å². The molecule has 1 heterocycles. The summed E-state index contributed by atoms with van der Waals surface area (Å²) in [6, 6.07) is 4.98. The van der Waals surface area contributed by atoms with Gasteiger partial charge in [0.25, 0.3) is 0 Å². The van der Waals surface area contributed by atoms with Crippen molar-refractivity contribution < 1.29 is 40.7 Å². The minimum atomic E-state index is -2.36. The Bertz CT molecular complexity index is 1260. The quantitative estimate of drug-likeness (QED) is 0.0555. The Balaban J connectivity index is 1.79. The van der Waals surface area contributed by atoms with E-state index in [1.807, 2.05) is 6.07 Å². The Morgan fingerprint density at radius 3 is 2.29 bits per heavy atom. The number of halogens is 6. The van der Waals surface area contributed by atoms with Crippen LogP contribution in [0.2, 0.25) is 0 Å². The second-order valence-corrected chi connectivity index (χ2v) is 9.30. The van der Waals surface area contributed by atoms with Crippen molar-refractivity contribution in [3.63, 3.8) is 0 Å². The zero-order valence-electron chi connectivity index (χ0n) is 17.5. The van der Waals surface area contributed by atoms with Gasteiger partial charge in [-0.2, -0.15) is 8.78 Å². The lowest BCUT2D eigenvalue weighted by Gasteiger charge is -2.28. The van der Waals surface area contributed by atoms with Gasteiger partial charge in [0.1, 0.15) is 5.56 Å². The zero-order chi connectivity index (χ0) is 24.6. The van der Waals surface area contributed by atoms with E-state index < -0.39 is 40.8 Å². The smallest absolute Gasteiger partial charge is 0.349 e. The third-order valence-corrected chi connectivity index (χ3v) is 6.88. The van der Waals surface area contributed by atoms with Gasteiger partial charge in [0.05, 0.1) is 25.7 Å². The van der Waals surface area contributed by atoms with E-state index in [2.05, 4.69) is 31.8 Å². The fourth-order valence-corrected chi connectivity index (χ4v) is 4.44. The van der Waals surface area contributed by atoms with Crippen LogP contribution in [0.3, 0.4) is 0 Å². The second-order valence-electron chi connectivity index (χ2n) is 7.53. The van der Waals surface area contributed by atoms with E-state index in [0.717, 1.165) is 30.4 Å². The fraction of sp³-hybridized carbons (Fsp3) is 0.273. The number of rotatable bonds is 7. The van der Waals surface area contributed by atoms with Crippen LogP contribution in [0, 0.1) is 29.1 Å². The molecule has 12 heteroatoms. The molecule has 34 heavy (non-hydrogen) atoms. The molecule has 4 rings (SSSR count). The molecule has 1 aliphatic carbocycles. The van der Waals surface area contributed by atoms with Gasteiger partial charge in [-0.05, 0) is 52.4 Å². The minimum Gasteiger partial charge on any atom is -0.480 e. The average molecular weight is 611 g/mol. The normalized spacial score (nSPS) is 14.1. The number of nitrogens with zero attached hydrogens (tertiary/aromatic N) is 1. The minimum absolute atomic E-state index is 0.210. The monoisotopic (exact) mass is 611 g/mol. The van der Waals surface area contributed by atoms with Crippen LogP contribution in [0.15, 0.2) is 18.2 Å². The van der Waals surface area contributed by atoms with Crippen molar-refractivity contribution in [3.8, 4) is 11.6 Å². The summed E-state index contributed by atoms with van der Waals surface area (Å²) < 4.78 is 83.6. The van der Waals surface area contributed by atoms with Crippen LogP contribution >= 0.6 is 28.5 Å². The van der Waals surface area contributed by atoms with E-state index in [1.165, 1.54) is 13.2 Å². The molecule has 1 unspecified atom stereocenters. The van der Waals surface area contributed by atoms with Crippen LogP contribution in [0.25, 0.3) is 10.9 Å². The van der Waals surface area contributed by atoms with Gasteiger partial charge in [-0.25, -0.2) is 22.9 Å². The van der Waals surface area contributed by atoms with Crippen molar-refractivity contribution in [2.24, 2.45) is 0 Å². The molecule has 0 aliphatic heterocycles. The molecule has 1 aliphatic rings. The Morgan fingerprint density at radius 1 is 1.09 bits per heavy atom. The summed E-state index contributed by atoms with van der Waals surface area (Å²) in [5.74, 6) is -14.3. The number of pyridine rings is 1. The molecule has 5 nitrogen and oxygen atoms in total. The molecule has 3 aromatic rings. The number of benzene rings is 2. The van der Waals surface area contributed by atoms with Gasteiger partial charge in [0, 0.05) is 10.9 Å². The van der Waals surface area contributed by atoms with Crippen LogP contribution in [0.4, 0.5) is 22.0 Å². The summed E-state index contributed by atoms with van der Waals surface area (Å²) in [6.07, 6.45) is 3.19. The SMILES string of the molecule is COc1nc2c(COPI)c(C3CCC3)ccc2cc1C(=O)Oc1c(F)c(F)c(F)c(F)c1F. The molecule has 180 valence electrons. The van der Waals surface area contributed by atoms with Gasteiger partial charge >= 0.3 is 5.97 Å². The Hall–Kier alpha value is -2.11. The number of methoxy groups -OCH3 is 1. The number of esters is 1. The molecule has 0 spiro atoms. The number of ether oxygens (including phenoxy) is 2. The highest BCUT2D eigenvalue weighted by molar-refractivity contribution is 14.2. The highest BCUT2D eigenvalue weighted by atomic mass is 127. The zero-order valence-corrected chi connectivity index (χ0v) is 20.6. The van der Waals surface area contributed by atoms with E-state index >= 15 is 0 Å². The maximum Gasteiger partial charge on any atom is 0.349 e. The summed E-state index contributed by atoms with van der Waals surface area (Å²) in [5.41, 5.74) is 2.09. The summed E-state index contributed by atoms with van der Waals surface area (Å²) in [7, 11) is 1.22.